The number of nitrogens with one attached hydrogen (secondary N) is 2. The van der Waals surface area contributed by atoms with E-state index in [1.807, 2.05) is 44.3 Å². The highest BCUT2D eigenvalue weighted by molar-refractivity contribution is 6.04. The number of anilines is 2. The molecule has 0 aliphatic rings. The molecular formula is C28H26N6O. The molecule has 7 nitrogen and oxygen atoms in total. The van der Waals surface area contributed by atoms with E-state index in [-0.39, 0.29) is 5.91 Å². The van der Waals surface area contributed by atoms with Gasteiger partial charge in [-0.25, -0.2) is 4.98 Å². The predicted molar refractivity (Wildman–Crippen MR) is 138 cm³/mol. The number of amides is 1. The Kier molecular flexibility index (Phi) is 6.56. The molecule has 3 aromatic heterocycles. The molecule has 2 N–H and O–H groups in total. The molecule has 0 unspecified atom stereocenters. The largest absolute Gasteiger partial charge is 0.373 e. The number of rotatable bonds is 6. The maximum absolute atomic E-state index is 13.0. The summed E-state index contributed by atoms with van der Waals surface area (Å²) < 4.78 is 0. The molecule has 0 aliphatic heterocycles. The second-order valence-corrected chi connectivity index (χ2v) is 8.74. The third kappa shape index (κ3) is 5.17. The monoisotopic (exact) mass is 462 g/mol. The Morgan fingerprint density at radius 1 is 0.943 bits per heavy atom. The summed E-state index contributed by atoms with van der Waals surface area (Å²) in [5.41, 5.74) is 5.65. The zero-order valence-corrected chi connectivity index (χ0v) is 20.1. The molecule has 1 aromatic carbocycles. The van der Waals surface area contributed by atoms with E-state index in [0.29, 0.717) is 16.9 Å². The number of pyridine rings is 3. The van der Waals surface area contributed by atoms with Crippen molar-refractivity contribution in [1.82, 2.24) is 15.0 Å². The van der Waals surface area contributed by atoms with Crippen LogP contribution in [0.4, 0.5) is 11.5 Å². The van der Waals surface area contributed by atoms with Gasteiger partial charge in [-0.15, -0.1) is 0 Å². The summed E-state index contributed by atoms with van der Waals surface area (Å²) in [4.78, 5) is 26.0. The molecule has 1 amide bonds. The van der Waals surface area contributed by atoms with Gasteiger partial charge in [0.15, 0.2) is 0 Å². The summed E-state index contributed by atoms with van der Waals surface area (Å²) >= 11 is 0. The number of aromatic nitrogens is 3. The Morgan fingerprint density at radius 3 is 2.46 bits per heavy atom. The minimum absolute atomic E-state index is 0.288. The summed E-state index contributed by atoms with van der Waals surface area (Å²) in [5.74, 6) is 0.511. The van der Waals surface area contributed by atoms with E-state index < -0.39 is 5.41 Å². The van der Waals surface area contributed by atoms with Crippen LogP contribution in [0, 0.1) is 18.3 Å². The van der Waals surface area contributed by atoms with Crippen LogP contribution in [0.25, 0.3) is 22.3 Å². The number of nitriles is 1. The molecule has 4 aromatic rings. The molecule has 0 saturated carbocycles. The number of carbonyl (C=O) groups is 1. The molecule has 0 aliphatic carbocycles. The van der Waals surface area contributed by atoms with Crippen LogP contribution in [0.1, 0.15) is 35.6 Å². The van der Waals surface area contributed by atoms with Gasteiger partial charge in [-0.05, 0) is 73.9 Å². The van der Waals surface area contributed by atoms with Gasteiger partial charge in [0, 0.05) is 36.3 Å². The van der Waals surface area contributed by atoms with Crippen molar-refractivity contribution < 1.29 is 4.79 Å². The molecular weight excluding hydrogens is 436 g/mol. The molecule has 35 heavy (non-hydrogen) atoms. The molecule has 0 radical (unpaired) electrons. The second-order valence-electron chi connectivity index (χ2n) is 8.74. The predicted octanol–water partition coefficient (Wildman–Crippen LogP) is 5.61. The number of carbonyl (C=O) groups excluding carboxylic acids is 1. The van der Waals surface area contributed by atoms with Crippen LogP contribution in [-0.4, -0.2) is 27.9 Å². The molecule has 0 bridgehead atoms. The normalized spacial score (nSPS) is 10.9. The van der Waals surface area contributed by atoms with E-state index in [9.17, 15) is 10.1 Å². The maximum atomic E-state index is 13.0. The van der Waals surface area contributed by atoms with Crippen molar-refractivity contribution in [1.29, 1.82) is 5.26 Å². The lowest BCUT2D eigenvalue weighted by Crippen LogP contribution is -2.18. The highest BCUT2D eigenvalue weighted by atomic mass is 16.1. The minimum Gasteiger partial charge on any atom is -0.373 e. The standard InChI is InChI=1S/C28H26N6O/c1-18-24(21-7-5-6-19(12-21)20-8-11-32-26(14-20)30-4)15-23(16-33-18)34-27(35)22-9-10-31-25(13-22)28(2,3)17-29/h5-16H,1-4H3,(H,30,32)(H,34,35). The SMILES string of the molecule is CNc1cc(-c2cccc(-c3cc(NC(=O)c4ccnc(C(C)(C)C#N)c4)cnc3C)c2)ccn1. The van der Waals surface area contributed by atoms with Gasteiger partial charge in [-0.1, -0.05) is 18.2 Å². The summed E-state index contributed by atoms with van der Waals surface area (Å²) in [5, 5.41) is 15.4. The summed E-state index contributed by atoms with van der Waals surface area (Å²) in [6, 6.07) is 19.6. The Hall–Kier alpha value is -4.57. The quantitative estimate of drug-likeness (QED) is 0.386. The van der Waals surface area contributed by atoms with Crippen molar-refractivity contribution in [3.8, 4) is 28.3 Å². The van der Waals surface area contributed by atoms with Gasteiger partial charge >= 0.3 is 0 Å². The minimum atomic E-state index is -0.789. The van der Waals surface area contributed by atoms with Gasteiger partial charge in [0.05, 0.1) is 29.1 Å². The fourth-order valence-electron chi connectivity index (χ4n) is 3.68. The molecule has 0 saturated heterocycles. The zero-order chi connectivity index (χ0) is 25.0. The summed E-state index contributed by atoms with van der Waals surface area (Å²) in [6.07, 6.45) is 4.97. The van der Waals surface area contributed by atoms with E-state index in [1.54, 1.807) is 44.6 Å². The Labute approximate surface area is 204 Å². The molecule has 7 heteroatoms. The van der Waals surface area contributed by atoms with Crippen LogP contribution < -0.4 is 10.6 Å². The maximum Gasteiger partial charge on any atom is 0.255 e. The van der Waals surface area contributed by atoms with E-state index in [0.717, 1.165) is 33.8 Å². The zero-order valence-electron chi connectivity index (χ0n) is 20.1. The second kappa shape index (κ2) is 9.74. The Bertz CT molecular complexity index is 1440. The van der Waals surface area contributed by atoms with Crippen molar-refractivity contribution in [2.45, 2.75) is 26.2 Å². The molecule has 0 spiro atoms. The van der Waals surface area contributed by atoms with Crippen LogP contribution >= 0.6 is 0 Å². The Morgan fingerprint density at radius 2 is 1.69 bits per heavy atom. The van der Waals surface area contributed by atoms with Crippen molar-refractivity contribution >= 4 is 17.4 Å². The summed E-state index contributed by atoms with van der Waals surface area (Å²) in [6.45, 7) is 5.48. The fraction of sp³-hybridized carbons (Fsp3) is 0.179. The van der Waals surface area contributed by atoms with Gasteiger partial charge in [0.1, 0.15) is 5.82 Å². The molecule has 3 heterocycles. The van der Waals surface area contributed by atoms with E-state index in [2.05, 4.69) is 43.8 Å². The highest BCUT2D eigenvalue weighted by Crippen LogP contribution is 2.30. The van der Waals surface area contributed by atoms with Crippen LogP contribution in [0.3, 0.4) is 0 Å². The molecule has 0 fully saturated rings. The lowest BCUT2D eigenvalue weighted by molar-refractivity contribution is 0.102. The number of hydrogen-bond acceptors (Lipinski definition) is 6. The lowest BCUT2D eigenvalue weighted by atomic mass is 9.90. The van der Waals surface area contributed by atoms with E-state index in [4.69, 9.17) is 0 Å². The lowest BCUT2D eigenvalue weighted by Gasteiger charge is -2.15. The van der Waals surface area contributed by atoms with Crippen molar-refractivity contribution in [2.75, 3.05) is 17.7 Å². The number of aryl methyl sites for hydroxylation is 1. The van der Waals surface area contributed by atoms with Gasteiger partial charge < -0.3 is 10.6 Å². The number of nitrogens with zero attached hydrogens (tertiary/aromatic N) is 4. The van der Waals surface area contributed by atoms with Crippen LogP contribution in [0.2, 0.25) is 0 Å². The van der Waals surface area contributed by atoms with Crippen LogP contribution in [0.5, 0.6) is 0 Å². The first kappa shape index (κ1) is 23.6. The number of benzene rings is 1. The summed E-state index contributed by atoms with van der Waals surface area (Å²) in [7, 11) is 1.84. The van der Waals surface area contributed by atoms with Crippen molar-refractivity contribution in [3.63, 3.8) is 0 Å². The third-order valence-electron chi connectivity index (χ3n) is 5.81. The first-order valence-corrected chi connectivity index (χ1v) is 11.2. The number of hydrogen-bond donors (Lipinski definition) is 2. The van der Waals surface area contributed by atoms with Gasteiger partial charge in [0.25, 0.3) is 5.91 Å². The topological polar surface area (TPSA) is 104 Å². The molecule has 0 atom stereocenters. The third-order valence-corrected chi connectivity index (χ3v) is 5.81. The van der Waals surface area contributed by atoms with E-state index >= 15 is 0 Å². The average Bonchev–Trinajstić information content (AvgIpc) is 2.90. The highest BCUT2D eigenvalue weighted by Gasteiger charge is 2.22. The Balaban J connectivity index is 1.62. The molecule has 174 valence electrons. The van der Waals surface area contributed by atoms with Crippen molar-refractivity contribution in [3.05, 3.63) is 90.1 Å². The van der Waals surface area contributed by atoms with E-state index in [1.165, 1.54) is 0 Å². The molecule has 4 rings (SSSR count). The van der Waals surface area contributed by atoms with Gasteiger partial charge in [-0.2, -0.15) is 5.26 Å². The fourth-order valence-corrected chi connectivity index (χ4v) is 3.68. The van der Waals surface area contributed by atoms with Crippen LogP contribution in [0.15, 0.2) is 73.2 Å². The average molecular weight is 463 g/mol. The smallest absolute Gasteiger partial charge is 0.255 e. The van der Waals surface area contributed by atoms with Gasteiger partial charge in [-0.3, -0.25) is 14.8 Å². The first-order chi connectivity index (χ1) is 16.8. The first-order valence-electron chi connectivity index (χ1n) is 11.2. The van der Waals surface area contributed by atoms with Gasteiger partial charge in [0.2, 0.25) is 0 Å². The van der Waals surface area contributed by atoms with Crippen LogP contribution in [-0.2, 0) is 5.41 Å². The van der Waals surface area contributed by atoms with Crippen molar-refractivity contribution in [2.24, 2.45) is 0 Å².